The SMILES string of the molecule is CCC(CC)(CN)C(=O)Nc1ccc(OC)c(-n2cnnn2)c1. The lowest BCUT2D eigenvalue weighted by molar-refractivity contribution is -0.125. The number of aromatic nitrogens is 4. The fraction of sp³-hybridized carbons (Fsp3) is 0.467. The molecule has 0 bridgehead atoms. The maximum atomic E-state index is 12.6. The minimum atomic E-state index is -0.561. The predicted molar refractivity (Wildman–Crippen MR) is 86.4 cm³/mol. The number of benzene rings is 1. The van der Waals surface area contributed by atoms with Gasteiger partial charge in [-0.1, -0.05) is 13.8 Å². The Morgan fingerprint density at radius 3 is 2.65 bits per heavy atom. The molecule has 8 nitrogen and oxygen atoms in total. The van der Waals surface area contributed by atoms with Crippen LogP contribution < -0.4 is 15.8 Å². The van der Waals surface area contributed by atoms with Gasteiger partial charge in [0.25, 0.3) is 0 Å². The first-order valence-corrected chi connectivity index (χ1v) is 7.53. The third kappa shape index (κ3) is 3.31. The second-order valence-electron chi connectivity index (χ2n) is 5.29. The van der Waals surface area contributed by atoms with E-state index in [1.54, 1.807) is 25.3 Å². The van der Waals surface area contributed by atoms with E-state index in [9.17, 15) is 4.79 Å². The summed E-state index contributed by atoms with van der Waals surface area (Å²) in [6.07, 6.45) is 2.83. The zero-order valence-corrected chi connectivity index (χ0v) is 13.6. The van der Waals surface area contributed by atoms with E-state index in [1.165, 1.54) is 11.0 Å². The van der Waals surface area contributed by atoms with Crippen LogP contribution in [0.4, 0.5) is 5.69 Å². The Morgan fingerprint density at radius 1 is 1.39 bits per heavy atom. The summed E-state index contributed by atoms with van der Waals surface area (Å²) in [5.74, 6) is 0.518. The summed E-state index contributed by atoms with van der Waals surface area (Å²) >= 11 is 0. The molecule has 0 radical (unpaired) electrons. The summed E-state index contributed by atoms with van der Waals surface area (Å²) < 4.78 is 6.79. The van der Waals surface area contributed by atoms with Crippen LogP contribution in [-0.2, 0) is 4.79 Å². The van der Waals surface area contributed by atoms with Crippen LogP contribution >= 0.6 is 0 Å². The molecule has 23 heavy (non-hydrogen) atoms. The van der Waals surface area contributed by atoms with E-state index in [4.69, 9.17) is 10.5 Å². The molecule has 1 heterocycles. The summed E-state index contributed by atoms with van der Waals surface area (Å²) in [7, 11) is 1.56. The van der Waals surface area contributed by atoms with Gasteiger partial charge in [-0.05, 0) is 41.5 Å². The van der Waals surface area contributed by atoms with Crippen molar-refractivity contribution in [1.82, 2.24) is 20.2 Å². The second kappa shape index (κ2) is 7.19. The number of nitrogens with two attached hydrogens (primary N) is 1. The average Bonchev–Trinajstić information content (AvgIpc) is 3.11. The molecule has 0 spiro atoms. The van der Waals surface area contributed by atoms with Crippen LogP contribution in [-0.4, -0.2) is 39.8 Å². The van der Waals surface area contributed by atoms with Crippen LogP contribution in [0, 0.1) is 5.41 Å². The molecule has 1 aromatic carbocycles. The Kier molecular flexibility index (Phi) is 5.28. The molecule has 3 N–H and O–H groups in total. The van der Waals surface area contributed by atoms with Crippen LogP contribution in [0.3, 0.4) is 0 Å². The van der Waals surface area contributed by atoms with Crippen molar-refractivity contribution in [1.29, 1.82) is 0 Å². The van der Waals surface area contributed by atoms with Crippen molar-refractivity contribution in [3.05, 3.63) is 24.5 Å². The normalized spacial score (nSPS) is 11.3. The van der Waals surface area contributed by atoms with E-state index in [1.807, 2.05) is 13.8 Å². The number of methoxy groups -OCH3 is 1. The van der Waals surface area contributed by atoms with Gasteiger partial charge in [0.05, 0.1) is 12.5 Å². The molecular formula is C15H22N6O2. The molecule has 8 heteroatoms. The maximum Gasteiger partial charge on any atom is 0.231 e. The lowest BCUT2D eigenvalue weighted by Gasteiger charge is -2.28. The average molecular weight is 318 g/mol. The highest BCUT2D eigenvalue weighted by molar-refractivity contribution is 5.95. The number of amides is 1. The molecule has 0 aliphatic carbocycles. The Morgan fingerprint density at radius 2 is 2.13 bits per heavy atom. The van der Waals surface area contributed by atoms with Crippen molar-refractivity contribution in [2.45, 2.75) is 26.7 Å². The van der Waals surface area contributed by atoms with Crippen LogP contribution in [0.1, 0.15) is 26.7 Å². The molecule has 0 unspecified atom stereocenters. The van der Waals surface area contributed by atoms with Gasteiger partial charge in [0.1, 0.15) is 17.8 Å². The van der Waals surface area contributed by atoms with E-state index in [0.717, 1.165) is 0 Å². The zero-order valence-electron chi connectivity index (χ0n) is 13.6. The minimum Gasteiger partial charge on any atom is -0.494 e. The molecule has 0 aliphatic heterocycles. The van der Waals surface area contributed by atoms with E-state index in [0.29, 0.717) is 36.5 Å². The first-order valence-electron chi connectivity index (χ1n) is 7.53. The molecule has 0 fully saturated rings. The van der Waals surface area contributed by atoms with Crippen molar-refractivity contribution in [2.24, 2.45) is 11.1 Å². The predicted octanol–water partition coefficient (Wildman–Crippen LogP) is 1.37. The number of rotatable bonds is 7. The molecular weight excluding hydrogens is 296 g/mol. The summed E-state index contributed by atoms with van der Waals surface area (Å²) in [5.41, 5.74) is 6.54. The van der Waals surface area contributed by atoms with Crippen molar-refractivity contribution in [3.63, 3.8) is 0 Å². The van der Waals surface area contributed by atoms with Gasteiger partial charge >= 0.3 is 0 Å². The van der Waals surface area contributed by atoms with Crippen LogP contribution in [0.5, 0.6) is 5.75 Å². The topological polar surface area (TPSA) is 108 Å². The number of nitrogens with zero attached hydrogens (tertiary/aromatic N) is 4. The van der Waals surface area contributed by atoms with Crippen molar-refractivity contribution in [3.8, 4) is 11.4 Å². The van der Waals surface area contributed by atoms with Crippen LogP contribution in [0.15, 0.2) is 24.5 Å². The Hall–Kier alpha value is -2.48. The van der Waals surface area contributed by atoms with Crippen molar-refractivity contribution < 1.29 is 9.53 Å². The van der Waals surface area contributed by atoms with Crippen LogP contribution in [0.2, 0.25) is 0 Å². The highest BCUT2D eigenvalue weighted by Crippen LogP contribution is 2.29. The van der Waals surface area contributed by atoms with Gasteiger partial charge in [-0.15, -0.1) is 5.10 Å². The van der Waals surface area contributed by atoms with E-state index >= 15 is 0 Å². The number of nitrogens with one attached hydrogen (secondary N) is 1. The highest BCUT2D eigenvalue weighted by Gasteiger charge is 2.33. The molecule has 2 aromatic rings. The van der Waals surface area contributed by atoms with Gasteiger partial charge in [-0.2, -0.15) is 4.68 Å². The summed E-state index contributed by atoms with van der Waals surface area (Å²) in [5, 5.41) is 14.0. The van der Waals surface area contributed by atoms with Gasteiger partial charge in [-0.25, -0.2) is 0 Å². The lowest BCUT2D eigenvalue weighted by Crippen LogP contribution is -2.41. The highest BCUT2D eigenvalue weighted by atomic mass is 16.5. The third-order valence-electron chi connectivity index (χ3n) is 4.26. The smallest absolute Gasteiger partial charge is 0.231 e. The molecule has 1 amide bonds. The first-order chi connectivity index (χ1) is 11.1. The number of carbonyl (C=O) groups excluding carboxylic acids is 1. The Balaban J connectivity index is 2.31. The fourth-order valence-electron chi connectivity index (χ4n) is 2.43. The van der Waals surface area contributed by atoms with E-state index < -0.39 is 5.41 Å². The van der Waals surface area contributed by atoms with E-state index in [2.05, 4.69) is 20.8 Å². The molecule has 124 valence electrons. The summed E-state index contributed by atoms with van der Waals surface area (Å²) in [6, 6.07) is 5.30. The summed E-state index contributed by atoms with van der Waals surface area (Å²) in [6.45, 7) is 4.24. The van der Waals surface area contributed by atoms with Gasteiger partial charge in [0.15, 0.2) is 0 Å². The zero-order chi connectivity index (χ0) is 16.9. The summed E-state index contributed by atoms with van der Waals surface area (Å²) in [4.78, 5) is 12.6. The van der Waals surface area contributed by atoms with Gasteiger partial charge in [0, 0.05) is 12.2 Å². The van der Waals surface area contributed by atoms with E-state index in [-0.39, 0.29) is 5.91 Å². The number of ether oxygens (including phenoxy) is 1. The molecule has 0 atom stereocenters. The van der Waals surface area contributed by atoms with Gasteiger partial charge in [-0.3, -0.25) is 4.79 Å². The third-order valence-corrected chi connectivity index (χ3v) is 4.26. The van der Waals surface area contributed by atoms with Gasteiger partial charge in [0.2, 0.25) is 5.91 Å². The molecule has 2 rings (SSSR count). The minimum absolute atomic E-state index is 0.0853. The number of anilines is 1. The molecule has 0 aliphatic rings. The van der Waals surface area contributed by atoms with Crippen molar-refractivity contribution in [2.75, 3.05) is 19.0 Å². The van der Waals surface area contributed by atoms with Crippen LogP contribution in [0.25, 0.3) is 5.69 Å². The Labute approximate surface area is 135 Å². The fourth-order valence-corrected chi connectivity index (χ4v) is 2.43. The number of carbonyl (C=O) groups is 1. The molecule has 1 aromatic heterocycles. The van der Waals surface area contributed by atoms with Gasteiger partial charge < -0.3 is 15.8 Å². The quantitative estimate of drug-likeness (QED) is 0.798. The monoisotopic (exact) mass is 318 g/mol. The lowest BCUT2D eigenvalue weighted by atomic mass is 9.81. The second-order valence-corrected chi connectivity index (χ2v) is 5.29. The molecule has 0 saturated carbocycles. The number of hydrogen-bond donors (Lipinski definition) is 2. The number of tetrazole rings is 1. The standard InChI is InChI=1S/C15H22N6O2/c1-4-15(5-2,9-16)14(22)18-11-6-7-13(23-3)12(8-11)21-10-17-19-20-21/h6-8,10H,4-5,9,16H2,1-3H3,(H,18,22). The largest absolute Gasteiger partial charge is 0.494 e. The molecule has 0 saturated heterocycles. The first kappa shape index (κ1) is 16.9. The number of hydrogen-bond acceptors (Lipinski definition) is 6. The maximum absolute atomic E-state index is 12.6. The van der Waals surface area contributed by atoms with Crippen molar-refractivity contribution >= 4 is 11.6 Å². The Bertz CT molecular complexity index is 644.